The molecular formula is C9H20N2O4S. The second-order valence-electron chi connectivity index (χ2n) is 4.73. The minimum atomic E-state index is -4.23. The van der Waals surface area contributed by atoms with E-state index in [0.717, 1.165) is 17.4 Å². The van der Waals surface area contributed by atoms with Crippen molar-refractivity contribution >= 4 is 16.0 Å². The minimum Gasteiger partial charge on any atom is -0.748 e. The molecule has 0 saturated heterocycles. The van der Waals surface area contributed by atoms with Gasteiger partial charge >= 0.3 is 0 Å². The van der Waals surface area contributed by atoms with E-state index in [2.05, 4.69) is 5.32 Å². The van der Waals surface area contributed by atoms with Gasteiger partial charge in [0.25, 0.3) is 0 Å². The molecule has 0 spiro atoms. The average Bonchev–Trinajstić information content (AvgIpc) is 1.98. The van der Waals surface area contributed by atoms with E-state index >= 15 is 0 Å². The van der Waals surface area contributed by atoms with Crippen molar-refractivity contribution in [2.75, 3.05) is 40.0 Å². The maximum Gasteiger partial charge on any atom is 0.220 e. The van der Waals surface area contributed by atoms with Crippen molar-refractivity contribution in [3.05, 3.63) is 0 Å². The molecule has 0 atom stereocenters. The Morgan fingerprint density at radius 1 is 1.31 bits per heavy atom. The number of nitrogens with one attached hydrogen (secondary N) is 1. The number of hydrogen-bond donors (Lipinski definition) is 1. The highest BCUT2D eigenvalue weighted by Gasteiger charge is 2.08. The number of amides is 1. The highest BCUT2D eigenvalue weighted by Crippen LogP contribution is 1.97. The lowest BCUT2D eigenvalue weighted by Gasteiger charge is -2.23. The van der Waals surface area contributed by atoms with Crippen LogP contribution in [-0.2, 0) is 14.9 Å². The summed E-state index contributed by atoms with van der Waals surface area (Å²) in [4.78, 5) is 11.2. The van der Waals surface area contributed by atoms with Crippen LogP contribution in [0.15, 0.2) is 0 Å². The number of quaternary nitrogens is 1. The average molecular weight is 252 g/mol. The molecule has 0 aromatic rings. The first kappa shape index (κ1) is 15.3. The molecule has 0 bridgehead atoms. The van der Waals surface area contributed by atoms with Crippen molar-refractivity contribution < 1.29 is 22.2 Å². The third kappa shape index (κ3) is 11.4. The lowest BCUT2D eigenvalue weighted by molar-refractivity contribution is -0.870. The van der Waals surface area contributed by atoms with Gasteiger partial charge in [0, 0.05) is 19.4 Å². The standard InChI is InChI=1S/C9H20N2O4S/c1-11(2,3)7-4-5-9(12)10-6-8-16(13,14)15/h4-8H2,1-3H3,(H-,10,12,13,14,15). The van der Waals surface area contributed by atoms with Crippen LogP contribution in [0.2, 0.25) is 0 Å². The number of carbonyl (C=O) groups excluding carboxylic acids is 1. The third-order valence-corrected chi connectivity index (χ3v) is 2.61. The van der Waals surface area contributed by atoms with E-state index in [1.807, 2.05) is 21.1 Å². The zero-order chi connectivity index (χ0) is 12.8. The predicted octanol–water partition coefficient (Wildman–Crippen LogP) is -0.866. The van der Waals surface area contributed by atoms with Crippen molar-refractivity contribution in [2.24, 2.45) is 0 Å². The fraction of sp³-hybridized carbons (Fsp3) is 0.889. The molecule has 0 heterocycles. The third-order valence-electron chi connectivity index (χ3n) is 1.91. The maximum atomic E-state index is 11.2. The summed E-state index contributed by atoms with van der Waals surface area (Å²) in [5.41, 5.74) is 0. The van der Waals surface area contributed by atoms with E-state index in [-0.39, 0.29) is 12.5 Å². The molecule has 1 amide bonds. The van der Waals surface area contributed by atoms with Crippen molar-refractivity contribution in [3.8, 4) is 0 Å². The van der Waals surface area contributed by atoms with Gasteiger partial charge < -0.3 is 14.4 Å². The summed E-state index contributed by atoms with van der Waals surface area (Å²) in [6, 6.07) is 0. The van der Waals surface area contributed by atoms with Gasteiger partial charge in [0.2, 0.25) is 5.91 Å². The second kappa shape index (κ2) is 6.17. The Bertz CT molecular complexity index is 319. The van der Waals surface area contributed by atoms with Gasteiger partial charge in [0.05, 0.1) is 43.6 Å². The van der Waals surface area contributed by atoms with E-state index in [9.17, 15) is 17.8 Å². The van der Waals surface area contributed by atoms with Gasteiger partial charge in [-0.3, -0.25) is 4.79 Å². The Labute approximate surface area is 97.0 Å². The molecule has 0 aromatic carbocycles. The molecule has 0 saturated carbocycles. The summed E-state index contributed by atoms with van der Waals surface area (Å²) in [6.45, 7) is 0.766. The second-order valence-corrected chi connectivity index (χ2v) is 6.25. The Hall–Kier alpha value is -0.660. The van der Waals surface area contributed by atoms with E-state index in [1.54, 1.807) is 0 Å². The summed E-state index contributed by atoms with van der Waals surface area (Å²) >= 11 is 0. The molecule has 0 fully saturated rings. The number of hydrogen-bond acceptors (Lipinski definition) is 4. The van der Waals surface area contributed by atoms with Crippen LogP contribution in [0, 0.1) is 0 Å². The van der Waals surface area contributed by atoms with Gasteiger partial charge in [-0.05, 0) is 0 Å². The highest BCUT2D eigenvalue weighted by atomic mass is 32.2. The zero-order valence-electron chi connectivity index (χ0n) is 10.0. The molecule has 7 heteroatoms. The lowest BCUT2D eigenvalue weighted by Crippen LogP contribution is -2.36. The van der Waals surface area contributed by atoms with Crippen LogP contribution in [0.1, 0.15) is 12.8 Å². The molecule has 0 unspecified atom stereocenters. The van der Waals surface area contributed by atoms with Crippen LogP contribution >= 0.6 is 0 Å². The minimum absolute atomic E-state index is 0.102. The maximum absolute atomic E-state index is 11.2. The van der Waals surface area contributed by atoms with Crippen molar-refractivity contribution in [3.63, 3.8) is 0 Å². The number of rotatable bonds is 7. The van der Waals surface area contributed by atoms with Gasteiger partial charge in [0.15, 0.2) is 0 Å². The fourth-order valence-corrected chi connectivity index (χ4v) is 1.47. The molecule has 96 valence electrons. The van der Waals surface area contributed by atoms with E-state index < -0.39 is 15.9 Å². The monoisotopic (exact) mass is 252 g/mol. The Kier molecular flexibility index (Phi) is 5.91. The van der Waals surface area contributed by atoms with Crippen LogP contribution in [0.25, 0.3) is 0 Å². The summed E-state index contributed by atoms with van der Waals surface area (Å²) in [5, 5.41) is 2.40. The van der Waals surface area contributed by atoms with Crippen LogP contribution < -0.4 is 5.32 Å². The van der Waals surface area contributed by atoms with Gasteiger partial charge in [-0.1, -0.05) is 0 Å². The normalized spacial score (nSPS) is 12.5. The van der Waals surface area contributed by atoms with Gasteiger partial charge in [-0.2, -0.15) is 0 Å². The quantitative estimate of drug-likeness (QED) is 0.471. The first-order valence-electron chi connectivity index (χ1n) is 5.11. The Balaban J connectivity index is 3.61. The summed E-state index contributed by atoms with van der Waals surface area (Å²) < 4.78 is 31.5. The molecule has 1 N–H and O–H groups in total. The highest BCUT2D eigenvalue weighted by molar-refractivity contribution is 7.85. The molecule has 16 heavy (non-hydrogen) atoms. The first-order chi connectivity index (χ1) is 7.10. The SMILES string of the molecule is C[N+](C)(C)CCCC(=O)NCCS(=O)(=O)[O-]. The van der Waals surface area contributed by atoms with Gasteiger partial charge in [-0.25, -0.2) is 8.42 Å². The van der Waals surface area contributed by atoms with E-state index in [4.69, 9.17) is 0 Å². The molecule has 0 aliphatic carbocycles. The molecule has 0 radical (unpaired) electrons. The lowest BCUT2D eigenvalue weighted by atomic mass is 10.2. The smallest absolute Gasteiger partial charge is 0.220 e. The molecule has 6 nitrogen and oxygen atoms in total. The summed E-state index contributed by atoms with van der Waals surface area (Å²) in [5.74, 6) is -0.759. The zero-order valence-corrected chi connectivity index (χ0v) is 10.8. The summed E-state index contributed by atoms with van der Waals surface area (Å²) in [6.07, 6.45) is 1.09. The predicted molar refractivity (Wildman–Crippen MR) is 59.7 cm³/mol. The topological polar surface area (TPSA) is 86.3 Å². The van der Waals surface area contributed by atoms with Gasteiger partial charge in [-0.15, -0.1) is 0 Å². The van der Waals surface area contributed by atoms with Gasteiger partial charge in [0.1, 0.15) is 0 Å². The van der Waals surface area contributed by atoms with Crippen LogP contribution in [0.4, 0.5) is 0 Å². The molecule has 0 rings (SSSR count). The fourth-order valence-electron chi connectivity index (χ4n) is 1.12. The molecule has 0 aliphatic rings. The first-order valence-corrected chi connectivity index (χ1v) is 6.69. The van der Waals surface area contributed by atoms with E-state index in [1.165, 1.54) is 0 Å². The molecular weight excluding hydrogens is 232 g/mol. The van der Waals surface area contributed by atoms with E-state index in [0.29, 0.717) is 6.42 Å². The largest absolute Gasteiger partial charge is 0.748 e. The molecule has 0 aromatic heterocycles. The number of carbonyl (C=O) groups is 1. The molecule has 0 aliphatic heterocycles. The van der Waals surface area contributed by atoms with Crippen molar-refractivity contribution in [1.82, 2.24) is 5.32 Å². The van der Waals surface area contributed by atoms with Crippen LogP contribution in [-0.4, -0.2) is 63.3 Å². The Morgan fingerprint density at radius 3 is 2.31 bits per heavy atom. The van der Waals surface area contributed by atoms with Crippen LogP contribution in [0.5, 0.6) is 0 Å². The Morgan fingerprint density at radius 2 is 1.88 bits per heavy atom. The number of nitrogens with zero attached hydrogens (tertiary/aromatic N) is 1. The van der Waals surface area contributed by atoms with Crippen molar-refractivity contribution in [2.45, 2.75) is 12.8 Å². The summed E-state index contributed by atoms with van der Waals surface area (Å²) in [7, 11) is 1.86. The van der Waals surface area contributed by atoms with Crippen LogP contribution in [0.3, 0.4) is 0 Å². The van der Waals surface area contributed by atoms with Crippen molar-refractivity contribution in [1.29, 1.82) is 0 Å².